The van der Waals surface area contributed by atoms with Crippen molar-refractivity contribution in [2.24, 2.45) is 11.3 Å². The molecule has 21 heavy (non-hydrogen) atoms. The number of benzene rings is 1. The molecule has 1 aliphatic rings. The molecule has 1 aliphatic heterocycles. The second-order valence-electron chi connectivity index (χ2n) is 7.20. The third-order valence-electron chi connectivity index (χ3n) is 4.71. The molecule has 1 saturated heterocycles. The number of hydrogen-bond donors (Lipinski definition) is 1. The van der Waals surface area contributed by atoms with Gasteiger partial charge >= 0.3 is 0 Å². The molecule has 0 spiro atoms. The molecule has 1 atom stereocenters. The molecule has 1 aromatic rings. The van der Waals surface area contributed by atoms with E-state index >= 15 is 0 Å². The minimum absolute atomic E-state index is 0.387. The van der Waals surface area contributed by atoms with Gasteiger partial charge in [-0.25, -0.2) is 0 Å². The van der Waals surface area contributed by atoms with Gasteiger partial charge in [0.25, 0.3) is 0 Å². The summed E-state index contributed by atoms with van der Waals surface area (Å²) in [6.45, 7) is 9.24. The molecule has 2 rings (SSSR count). The third-order valence-corrected chi connectivity index (χ3v) is 4.71. The molecule has 0 aliphatic carbocycles. The zero-order valence-corrected chi connectivity index (χ0v) is 13.5. The predicted octanol–water partition coefficient (Wildman–Crippen LogP) is 3.99. The van der Waals surface area contributed by atoms with Gasteiger partial charge in [-0.05, 0) is 54.4 Å². The van der Waals surface area contributed by atoms with E-state index in [1.54, 1.807) is 0 Å². The highest BCUT2D eigenvalue weighted by molar-refractivity contribution is 5.59. The van der Waals surface area contributed by atoms with Gasteiger partial charge in [-0.15, -0.1) is 0 Å². The van der Waals surface area contributed by atoms with E-state index in [4.69, 9.17) is 11.0 Å². The Balaban J connectivity index is 2.12. The summed E-state index contributed by atoms with van der Waals surface area (Å²) >= 11 is 0. The smallest absolute Gasteiger partial charge is 0.0670 e. The van der Waals surface area contributed by atoms with Gasteiger partial charge in [0.05, 0.1) is 12.5 Å². The fourth-order valence-electron chi connectivity index (χ4n) is 3.25. The first-order valence-corrected chi connectivity index (χ1v) is 7.92. The summed E-state index contributed by atoms with van der Waals surface area (Å²) in [6.07, 6.45) is 4.17. The fraction of sp³-hybridized carbons (Fsp3) is 0.611. The van der Waals surface area contributed by atoms with E-state index in [9.17, 15) is 0 Å². The Morgan fingerprint density at radius 3 is 2.71 bits per heavy atom. The lowest BCUT2D eigenvalue weighted by Gasteiger charge is -2.30. The van der Waals surface area contributed by atoms with Gasteiger partial charge in [0.1, 0.15) is 0 Å². The van der Waals surface area contributed by atoms with Crippen LogP contribution in [0.5, 0.6) is 0 Å². The summed E-state index contributed by atoms with van der Waals surface area (Å²) in [5.41, 5.74) is 9.22. The van der Waals surface area contributed by atoms with Crippen molar-refractivity contribution in [1.82, 2.24) is 0 Å². The largest absolute Gasteiger partial charge is 0.398 e. The van der Waals surface area contributed by atoms with E-state index in [0.29, 0.717) is 11.8 Å². The third kappa shape index (κ3) is 3.91. The van der Waals surface area contributed by atoms with Crippen LogP contribution < -0.4 is 10.6 Å². The van der Waals surface area contributed by atoms with E-state index < -0.39 is 0 Å². The molecule has 114 valence electrons. The van der Waals surface area contributed by atoms with Crippen molar-refractivity contribution in [3.05, 3.63) is 23.8 Å². The molecule has 3 heteroatoms. The molecule has 0 bridgehead atoms. The van der Waals surface area contributed by atoms with Crippen LogP contribution in [0.3, 0.4) is 0 Å². The van der Waals surface area contributed by atoms with Crippen molar-refractivity contribution in [1.29, 1.82) is 5.26 Å². The molecule has 3 nitrogen and oxygen atoms in total. The molecular formula is C18H27N3. The van der Waals surface area contributed by atoms with Crippen LogP contribution in [0.4, 0.5) is 11.4 Å². The summed E-state index contributed by atoms with van der Waals surface area (Å²) in [5.74, 6) is 0.787. The Morgan fingerprint density at radius 1 is 1.29 bits per heavy atom. The molecule has 0 saturated carbocycles. The second kappa shape index (κ2) is 6.39. The van der Waals surface area contributed by atoms with Crippen molar-refractivity contribution < 1.29 is 0 Å². The molecule has 1 heterocycles. The number of nitrogens with two attached hydrogens (primary N) is 1. The highest BCUT2D eigenvalue weighted by Crippen LogP contribution is 2.35. The van der Waals surface area contributed by atoms with Crippen molar-refractivity contribution in [2.45, 2.75) is 46.5 Å². The van der Waals surface area contributed by atoms with Crippen LogP contribution in [0.2, 0.25) is 0 Å². The van der Waals surface area contributed by atoms with Crippen LogP contribution in [0.25, 0.3) is 0 Å². The van der Waals surface area contributed by atoms with Gasteiger partial charge in [-0.3, -0.25) is 0 Å². The van der Waals surface area contributed by atoms with Crippen LogP contribution in [0, 0.1) is 22.7 Å². The van der Waals surface area contributed by atoms with Gasteiger partial charge in [0.2, 0.25) is 0 Å². The molecule has 0 radical (unpaired) electrons. The summed E-state index contributed by atoms with van der Waals surface area (Å²) in [5, 5.41) is 8.90. The van der Waals surface area contributed by atoms with Gasteiger partial charge in [-0.2, -0.15) is 5.26 Å². The maximum atomic E-state index is 8.90. The summed E-state index contributed by atoms with van der Waals surface area (Å²) in [4.78, 5) is 2.45. The molecular weight excluding hydrogens is 258 g/mol. The predicted molar refractivity (Wildman–Crippen MR) is 89.2 cm³/mol. The molecule has 0 amide bonds. The van der Waals surface area contributed by atoms with Crippen molar-refractivity contribution in [3.63, 3.8) is 0 Å². The quantitative estimate of drug-likeness (QED) is 0.836. The van der Waals surface area contributed by atoms with Gasteiger partial charge in [-0.1, -0.05) is 20.8 Å². The zero-order valence-electron chi connectivity index (χ0n) is 13.5. The fourth-order valence-corrected chi connectivity index (χ4v) is 3.25. The first-order valence-electron chi connectivity index (χ1n) is 7.92. The maximum Gasteiger partial charge on any atom is 0.0670 e. The first kappa shape index (κ1) is 15.7. The average molecular weight is 285 g/mol. The Hall–Kier alpha value is -1.69. The van der Waals surface area contributed by atoms with Gasteiger partial charge < -0.3 is 10.6 Å². The van der Waals surface area contributed by atoms with E-state index in [1.165, 1.54) is 24.9 Å². The van der Waals surface area contributed by atoms with E-state index in [-0.39, 0.29) is 0 Å². The van der Waals surface area contributed by atoms with E-state index in [1.807, 2.05) is 6.07 Å². The summed E-state index contributed by atoms with van der Waals surface area (Å²) in [7, 11) is 0. The minimum atomic E-state index is 0.387. The van der Waals surface area contributed by atoms with Crippen molar-refractivity contribution in [2.75, 3.05) is 23.7 Å². The Morgan fingerprint density at radius 2 is 2.05 bits per heavy atom. The SMILES string of the molecule is CC(C)(C)C1CCCN(c2ccc(N)c(CC#N)c2)CC1. The molecule has 1 fully saturated rings. The van der Waals surface area contributed by atoms with Crippen LogP contribution in [0.1, 0.15) is 45.6 Å². The minimum Gasteiger partial charge on any atom is -0.398 e. The highest BCUT2D eigenvalue weighted by atomic mass is 15.1. The van der Waals surface area contributed by atoms with Crippen LogP contribution in [-0.2, 0) is 6.42 Å². The second-order valence-corrected chi connectivity index (χ2v) is 7.20. The average Bonchev–Trinajstić information content (AvgIpc) is 2.67. The number of rotatable bonds is 2. The zero-order chi connectivity index (χ0) is 15.5. The van der Waals surface area contributed by atoms with Crippen LogP contribution >= 0.6 is 0 Å². The monoisotopic (exact) mass is 285 g/mol. The maximum absolute atomic E-state index is 8.90. The van der Waals surface area contributed by atoms with E-state index in [0.717, 1.165) is 30.3 Å². The normalized spacial score (nSPS) is 19.9. The van der Waals surface area contributed by atoms with Crippen LogP contribution in [-0.4, -0.2) is 13.1 Å². The molecule has 1 aromatic carbocycles. The van der Waals surface area contributed by atoms with Crippen LogP contribution in [0.15, 0.2) is 18.2 Å². The number of nitriles is 1. The number of hydrogen-bond acceptors (Lipinski definition) is 3. The van der Waals surface area contributed by atoms with Gasteiger partial charge in [0, 0.05) is 24.5 Å². The number of anilines is 2. The Bertz CT molecular complexity index is 522. The number of nitrogens with zero attached hydrogens (tertiary/aromatic N) is 2. The topological polar surface area (TPSA) is 53.0 Å². The van der Waals surface area contributed by atoms with Gasteiger partial charge in [0.15, 0.2) is 0 Å². The Labute approximate surface area is 128 Å². The molecule has 0 aromatic heterocycles. The first-order chi connectivity index (χ1) is 9.91. The Kier molecular flexibility index (Phi) is 4.77. The standard InChI is InChI=1S/C18H27N3/c1-18(2,3)15-5-4-11-21(12-9-15)16-6-7-17(20)14(13-16)8-10-19/h6-7,13,15H,4-5,8-9,11-12,20H2,1-3H3. The molecule has 1 unspecified atom stereocenters. The summed E-state index contributed by atoms with van der Waals surface area (Å²) in [6, 6.07) is 8.32. The summed E-state index contributed by atoms with van der Waals surface area (Å²) < 4.78 is 0. The lowest BCUT2D eigenvalue weighted by Crippen LogP contribution is -2.26. The number of nitrogen functional groups attached to an aromatic ring is 1. The lowest BCUT2D eigenvalue weighted by atomic mass is 9.77. The highest BCUT2D eigenvalue weighted by Gasteiger charge is 2.27. The van der Waals surface area contributed by atoms with Crippen molar-refractivity contribution >= 4 is 11.4 Å². The molecule has 2 N–H and O–H groups in total. The van der Waals surface area contributed by atoms with Crippen molar-refractivity contribution in [3.8, 4) is 6.07 Å². The lowest BCUT2D eigenvalue weighted by molar-refractivity contribution is 0.220. The van der Waals surface area contributed by atoms with E-state index in [2.05, 4.69) is 43.9 Å².